The second-order valence-electron chi connectivity index (χ2n) is 7.00. The Kier molecular flexibility index (Phi) is 5.35. The Morgan fingerprint density at radius 1 is 1.00 bits per heavy atom. The Morgan fingerprint density at radius 3 is 2.59 bits per heavy atom. The Bertz CT molecular complexity index is 1150. The van der Waals surface area contributed by atoms with Gasteiger partial charge in [0.2, 0.25) is 5.78 Å². The van der Waals surface area contributed by atoms with Gasteiger partial charge in [-0.05, 0) is 54.8 Å². The zero-order valence-electron chi connectivity index (χ0n) is 16.0. The normalized spacial score (nSPS) is 14.1. The second kappa shape index (κ2) is 7.94. The predicted octanol–water partition coefficient (Wildman–Crippen LogP) is 6.81. The van der Waals surface area contributed by atoms with Crippen LogP contribution in [0.2, 0.25) is 10.0 Å². The number of carbonyl (C=O) groups is 1. The minimum Gasteiger partial charge on any atom is -0.489 e. The molecule has 0 aliphatic carbocycles. The zero-order valence-corrected chi connectivity index (χ0v) is 17.5. The Hall–Kier alpha value is -2.75. The van der Waals surface area contributed by atoms with E-state index in [1.165, 1.54) is 0 Å². The van der Waals surface area contributed by atoms with E-state index in [9.17, 15) is 4.79 Å². The van der Waals surface area contributed by atoms with Crippen molar-refractivity contribution in [1.29, 1.82) is 0 Å². The van der Waals surface area contributed by atoms with Gasteiger partial charge in [0.1, 0.15) is 18.1 Å². The van der Waals surface area contributed by atoms with Gasteiger partial charge in [-0.2, -0.15) is 0 Å². The third kappa shape index (κ3) is 4.16. The van der Waals surface area contributed by atoms with Gasteiger partial charge in [-0.15, -0.1) is 0 Å². The van der Waals surface area contributed by atoms with E-state index in [0.29, 0.717) is 39.5 Å². The Morgan fingerprint density at radius 2 is 1.83 bits per heavy atom. The highest BCUT2D eigenvalue weighted by Crippen LogP contribution is 2.38. The van der Waals surface area contributed by atoms with Crippen molar-refractivity contribution < 1.29 is 14.3 Å². The minimum absolute atomic E-state index is 0.116. The summed E-state index contributed by atoms with van der Waals surface area (Å²) in [5.41, 5.74) is 4.33. The summed E-state index contributed by atoms with van der Waals surface area (Å²) in [4.78, 5) is 12.8. The first kappa shape index (κ1) is 19.6. The molecule has 0 amide bonds. The van der Waals surface area contributed by atoms with Gasteiger partial charge in [0.15, 0.2) is 5.76 Å². The van der Waals surface area contributed by atoms with Gasteiger partial charge < -0.3 is 9.47 Å². The van der Waals surface area contributed by atoms with Crippen molar-refractivity contribution in [2.75, 3.05) is 0 Å². The largest absolute Gasteiger partial charge is 0.489 e. The molecule has 0 spiro atoms. The Labute approximate surface area is 179 Å². The molecule has 1 heterocycles. The minimum atomic E-state index is -0.116. The number of carbonyl (C=O) groups excluding carboxylic acids is 1. The molecule has 0 radical (unpaired) electrons. The van der Waals surface area contributed by atoms with Crippen LogP contribution in [0.25, 0.3) is 6.08 Å². The van der Waals surface area contributed by atoms with E-state index >= 15 is 0 Å². The summed E-state index contributed by atoms with van der Waals surface area (Å²) in [6, 6.07) is 16.9. The van der Waals surface area contributed by atoms with E-state index in [1.54, 1.807) is 24.3 Å². The predicted molar refractivity (Wildman–Crippen MR) is 116 cm³/mol. The lowest BCUT2D eigenvalue weighted by Crippen LogP contribution is -2.00. The standard InChI is InChI=1S/C24H18Cl2O3/c1-14-4-3-5-16(8-14)11-22-24(27)23-15(2)9-18(12-21(23)29-22)28-13-17-6-7-19(25)20(26)10-17/h3-12H,13H2,1-2H3/b22-11-. The number of Topliss-reactive ketones (excluding diaryl/α,β-unsaturated/α-hetero) is 1. The number of hydrogen-bond donors (Lipinski definition) is 0. The van der Waals surface area contributed by atoms with Crippen molar-refractivity contribution in [3.05, 3.63) is 98.2 Å². The molecule has 3 aromatic rings. The number of ketones is 1. The van der Waals surface area contributed by atoms with Gasteiger partial charge in [-0.1, -0.05) is 59.1 Å². The number of fused-ring (bicyclic) bond motifs is 1. The molecule has 0 atom stereocenters. The van der Waals surface area contributed by atoms with Crippen LogP contribution in [0.3, 0.4) is 0 Å². The SMILES string of the molecule is Cc1cccc(/C=C2\Oc3cc(OCc4ccc(Cl)c(Cl)c4)cc(C)c3C2=O)c1. The number of ether oxygens (including phenoxy) is 2. The highest BCUT2D eigenvalue weighted by Gasteiger charge is 2.30. The second-order valence-corrected chi connectivity index (χ2v) is 7.82. The van der Waals surface area contributed by atoms with Crippen LogP contribution in [0.5, 0.6) is 11.5 Å². The molecule has 0 bridgehead atoms. The van der Waals surface area contributed by atoms with Crippen molar-refractivity contribution in [2.24, 2.45) is 0 Å². The summed E-state index contributed by atoms with van der Waals surface area (Å²) in [7, 11) is 0. The van der Waals surface area contributed by atoms with Crippen LogP contribution >= 0.6 is 23.2 Å². The lowest BCUT2D eigenvalue weighted by atomic mass is 10.0. The maximum absolute atomic E-state index is 12.8. The fourth-order valence-corrected chi connectivity index (χ4v) is 3.59. The van der Waals surface area contributed by atoms with Crippen LogP contribution in [0.15, 0.2) is 60.4 Å². The smallest absolute Gasteiger partial charge is 0.232 e. The quantitative estimate of drug-likeness (QED) is 0.431. The van der Waals surface area contributed by atoms with Crippen LogP contribution in [0.1, 0.15) is 32.6 Å². The van der Waals surface area contributed by atoms with Gasteiger partial charge >= 0.3 is 0 Å². The molecule has 1 aliphatic heterocycles. The van der Waals surface area contributed by atoms with Crippen molar-refractivity contribution in [1.82, 2.24) is 0 Å². The van der Waals surface area contributed by atoms with Crippen LogP contribution < -0.4 is 9.47 Å². The van der Waals surface area contributed by atoms with Crippen LogP contribution in [0, 0.1) is 13.8 Å². The molecule has 0 fully saturated rings. The lowest BCUT2D eigenvalue weighted by Gasteiger charge is -2.10. The molecular formula is C24H18Cl2O3. The fraction of sp³-hybridized carbons (Fsp3) is 0.125. The highest BCUT2D eigenvalue weighted by atomic mass is 35.5. The molecule has 1 aliphatic rings. The molecule has 146 valence electrons. The van der Waals surface area contributed by atoms with Gasteiger partial charge in [-0.3, -0.25) is 4.79 Å². The molecule has 29 heavy (non-hydrogen) atoms. The van der Waals surface area contributed by atoms with E-state index in [4.69, 9.17) is 32.7 Å². The van der Waals surface area contributed by atoms with Crippen LogP contribution in [-0.4, -0.2) is 5.78 Å². The molecule has 0 saturated carbocycles. The molecule has 0 saturated heterocycles. The number of halogens is 2. The zero-order chi connectivity index (χ0) is 20.5. The summed E-state index contributed by atoms with van der Waals surface area (Å²) < 4.78 is 11.7. The topological polar surface area (TPSA) is 35.5 Å². The monoisotopic (exact) mass is 424 g/mol. The summed E-state index contributed by atoms with van der Waals surface area (Å²) in [6.07, 6.45) is 1.77. The first-order valence-corrected chi connectivity index (χ1v) is 9.88. The first-order chi connectivity index (χ1) is 13.9. The van der Waals surface area contributed by atoms with Gasteiger partial charge in [-0.25, -0.2) is 0 Å². The molecule has 3 nitrogen and oxygen atoms in total. The molecule has 5 heteroatoms. The Balaban J connectivity index is 1.56. The number of benzene rings is 3. The lowest BCUT2D eigenvalue weighted by molar-refractivity contribution is 0.101. The number of allylic oxidation sites excluding steroid dienone is 1. The van der Waals surface area contributed by atoms with E-state index in [0.717, 1.165) is 22.3 Å². The number of aryl methyl sites for hydroxylation is 2. The summed E-state index contributed by atoms with van der Waals surface area (Å²) in [5.74, 6) is 1.33. The molecule has 0 unspecified atom stereocenters. The van der Waals surface area contributed by atoms with Crippen molar-refractivity contribution in [2.45, 2.75) is 20.5 Å². The van der Waals surface area contributed by atoms with Crippen LogP contribution in [0.4, 0.5) is 0 Å². The maximum Gasteiger partial charge on any atom is 0.232 e. The van der Waals surface area contributed by atoms with Gasteiger partial charge in [0.25, 0.3) is 0 Å². The van der Waals surface area contributed by atoms with E-state index in [1.807, 2.05) is 50.2 Å². The van der Waals surface area contributed by atoms with Crippen molar-refractivity contribution in [3.63, 3.8) is 0 Å². The van der Waals surface area contributed by atoms with E-state index in [-0.39, 0.29) is 5.78 Å². The summed E-state index contributed by atoms with van der Waals surface area (Å²) in [5, 5.41) is 0.987. The first-order valence-electron chi connectivity index (χ1n) is 9.13. The number of hydrogen-bond acceptors (Lipinski definition) is 3. The third-order valence-electron chi connectivity index (χ3n) is 4.67. The molecule has 3 aromatic carbocycles. The van der Waals surface area contributed by atoms with Gasteiger partial charge in [0.05, 0.1) is 15.6 Å². The molecule has 0 aromatic heterocycles. The summed E-state index contributed by atoms with van der Waals surface area (Å²) in [6.45, 7) is 4.21. The third-order valence-corrected chi connectivity index (χ3v) is 5.41. The van der Waals surface area contributed by atoms with Crippen molar-refractivity contribution >= 4 is 35.1 Å². The molecular weight excluding hydrogens is 407 g/mol. The number of rotatable bonds is 4. The average molecular weight is 425 g/mol. The van der Waals surface area contributed by atoms with Gasteiger partial charge in [0, 0.05) is 6.07 Å². The van der Waals surface area contributed by atoms with E-state index in [2.05, 4.69) is 0 Å². The van der Waals surface area contributed by atoms with Crippen LogP contribution in [-0.2, 0) is 6.61 Å². The molecule has 0 N–H and O–H groups in total. The highest BCUT2D eigenvalue weighted by molar-refractivity contribution is 6.42. The summed E-state index contributed by atoms with van der Waals surface area (Å²) >= 11 is 12.0. The maximum atomic E-state index is 12.8. The average Bonchev–Trinajstić information content (AvgIpc) is 2.98. The van der Waals surface area contributed by atoms with E-state index < -0.39 is 0 Å². The fourth-order valence-electron chi connectivity index (χ4n) is 3.27. The van der Waals surface area contributed by atoms with Crippen molar-refractivity contribution in [3.8, 4) is 11.5 Å². The molecule has 4 rings (SSSR count).